The summed E-state index contributed by atoms with van der Waals surface area (Å²) in [7, 11) is 1.28. The van der Waals surface area contributed by atoms with Crippen molar-refractivity contribution in [2.75, 3.05) is 13.7 Å². The zero-order chi connectivity index (χ0) is 24.5. The number of aliphatic hydroxyl groups is 2. The minimum atomic E-state index is -1.56. The Kier molecular flexibility index (Phi) is 9.13. The summed E-state index contributed by atoms with van der Waals surface area (Å²) in [4.78, 5) is 40.2. The fourth-order valence-corrected chi connectivity index (χ4v) is 3.06. The molecule has 0 aliphatic carbocycles. The Balaban J connectivity index is 2.06. The molecule has 0 saturated carbocycles. The lowest BCUT2D eigenvalue weighted by Gasteiger charge is -2.26. The number of aliphatic hydroxyl groups excluding tert-OH is 2. The maximum absolute atomic E-state index is 12.5. The van der Waals surface area contributed by atoms with Gasteiger partial charge in [-0.3, -0.25) is 9.59 Å². The van der Waals surface area contributed by atoms with Gasteiger partial charge in [-0.15, -0.1) is 0 Å². The van der Waals surface area contributed by atoms with Crippen molar-refractivity contribution >= 4 is 17.8 Å². The van der Waals surface area contributed by atoms with Gasteiger partial charge in [-0.1, -0.05) is 30.3 Å². The number of nitrogens with zero attached hydrogens (tertiary/aromatic N) is 1. The SMILES string of the molecule is COc1ccnc(C(=O)N[C@@H](CO)C(=O)O[C@@H](C)[C@H](O)[C@@H](Cc2ccccc2)C(=O)O)c1O. The molecular formula is C22H26N2O9. The summed E-state index contributed by atoms with van der Waals surface area (Å²) in [6.45, 7) is 0.444. The molecule has 0 spiro atoms. The molecule has 2 rings (SSSR count). The predicted molar refractivity (Wildman–Crippen MR) is 114 cm³/mol. The van der Waals surface area contributed by atoms with Crippen LogP contribution in [0.15, 0.2) is 42.6 Å². The average Bonchev–Trinajstić information content (AvgIpc) is 2.80. The van der Waals surface area contributed by atoms with Crippen molar-refractivity contribution in [1.29, 1.82) is 0 Å². The van der Waals surface area contributed by atoms with Gasteiger partial charge < -0.3 is 35.2 Å². The Morgan fingerprint density at radius 1 is 1.15 bits per heavy atom. The number of aliphatic carboxylic acids is 1. The number of carbonyl (C=O) groups is 3. The van der Waals surface area contributed by atoms with Crippen LogP contribution < -0.4 is 10.1 Å². The van der Waals surface area contributed by atoms with Crippen molar-refractivity contribution in [3.63, 3.8) is 0 Å². The second-order valence-electron chi connectivity index (χ2n) is 7.19. The van der Waals surface area contributed by atoms with E-state index in [1.165, 1.54) is 26.3 Å². The molecular weight excluding hydrogens is 436 g/mol. The van der Waals surface area contributed by atoms with Gasteiger partial charge in [-0.05, 0) is 18.9 Å². The van der Waals surface area contributed by atoms with Crippen molar-refractivity contribution in [2.45, 2.75) is 31.6 Å². The minimum Gasteiger partial charge on any atom is -0.503 e. The smallest absolute Gasteiger partial charge is 0.331 e. The second-order valence-corrected chi connectivity index (χ2v) is 7.19. The summed E-state index contributed by atoms with van der Waals surface area (Å²) in [5, 5.41) is 41.7. The number of methoxy groups -OCH3 is 1. The number of amides is 1. The van der Waals surface area contributed by atoms with Gasteiger partial charge in [-0.2, -0.15) is 0 Å². The van der Waals surface area contributed by atoms with E-state index in [4.69, 9.17) is 9.47 Å². The number of aromatic nitrogens is 1. The van der Waals surface area contributed by atoms with Gasteiger partial charge in [0.15, 0.2) is 23.2 Å². The van der Waals surface area contributed by atoms with Crippen LogP contribution in [0.1, 0.15) is 23.0 Å². The number of carbonyl (C=O) groups excluding carboxylic acids is 2. The highest BCUT2D eigenvalue weighted by molar-refractivity contribution is 5.98. The molecule has 5 N–H and O–H groups in total. The maximum Gasteiger partial charge on any atom is 0.331 e. The van der Waals surface area contributed by atoms with Crippen LogP contribution >= 0.6 is 0 Å². The number of esters is 1. The van der Waals surface area contributed by atoms with E-state index in [0.717, 1.165) is 0 Å². The van der Waals surface area contributed by atoms with Crippen LogP contribution in [0, 0.1) is 5.92 Å². The zero-order valence-corrected chi connectivity index (χ0v) is 18.0. The number of hydrogen-bond acceptors (Lipinski definition) is 9. The number of carboxylic acid groups (broad SMARTS) is 1. The van der Waals surface area contributed by atoms with Crippen LogP contribution in [0.5, 0.6) is 11.5 Å². The van der Waals surface area contributed by atoms with E-state index in [-0.39, 0.29) is 12.2 Å². The van der Waals surface area contributed by atoms with Crippen LogP contribution in [0.25, 0.3) is 0 Å². The molecule has 0 saturated heterocycles. The number of hydrogen-bond donors (Lipinski definition) is 5. The van der Waals surface area contributed by atoms with Crippen LogP contribution in [-0.4, -0.2) is 75.2 Å². The summed E-state index contributed by atoms with van der Waals surface area (Å²) in [5.41, 5.74) is 0.232. The molecule has 0 unspecified atom stereocenters. The van der Waals surface area contributed by atoms with Crippen LogP contribution in [-0.2, 0) is 20.7 Å². The van der Waals surface area contributed by atoms with Gasteiger partial charge in [0.05, 0.1) is 19.6 Å². The van der Waals surface area contributed by atoms with Gasteiger partial charge in [0.2, 0.25) is 0 Å². The Bertz CT molecular complexity index is 968. The van der Waals surface area contributed by atoms with Crippen molar-refractivity contribution in [1.82, 2.24) is 10.3 Å². The molecule has 11 nitrogen and oxygen atoms in total. The lowest BCUT2D eigenvalue weighted by Crippen LogP contribution is -2.48. The van der Waals surface area contributed by atoms with Crippen LogP contribution in [0.4, 0.5) is 0 Å². The molecule has 0 radical (unpaired) electrons. The van der Waals surface area contributed by atoms with Gasteiger partial charge in [0.25, 0.3) is 5.91 Å². The molecule has 0 aliphatic rings. The van der Waals surface area contributed by atoms with Crippen molar-refractivity contribution in [3.8, 4) is 11.5 Å². The molecule has 4 atom stereocenters. The first-order chi connectivity index (χ1) is 15.7. The third-order valence-electron chi connectivity index (χ3n) is 4.91. The van der Waals surface area contributed by atoms with Crippen molar-refractivity contribution in [2.24, 2.45) is 5.92 Å². The molecule has 2 aromatic rings. The van der Waals surface area contributed by atoms with E-state index in [1.807, 2.05) is 0 Å². The quantitative estimate of drug-likeness (QED) is 0.288. The number of ether oxygens (including phenoxy) is 2. The lowest BCUT2D eigenvalue weighted by atomic mass is 9.91. The number of benzene rings is 1. The Morgan fingerprint density at radius 2 is 1.82 bits per heavy atom. The molecule has 33 heavy (non-hydrogen) atoms. The largest absolute Gasteiger partial charge is 0.503 e. The van der Waals surface area contributed by atoms with Gasteiger partial charge in [0.1, 0.15) is 12.2 Å². The summed E-state index contributed by atoms with van der Waals surface area (Å²) in [6.07, 6.45) is -1.63. The minimum absolute atomic E-state index is 0.000180. The third-order valence-corrected chi connectivity index (χ3v) is 4.91. The average molecular weight is 462 g/mol. The first-order valence-electron chi connectivity index (χ1n) is 9.98. The van der Waals surface area contributed by atoms with Gasteiger partial charge in [-0.25, -0.2) is 9.78 Å². The molecule has 1 aromatic heterocycles. The molecule has 0 aliphatic heterocycles. The van der Waals surface area contributed by atoms with Gasteiger partial charge in [0, 0.05) is 12.3 Å². The summed E-state index contributed by atoms with van der Waals surface area (Å²) >= 11 is 0. The van der Waals surface area contributed by atoms with Gasteiger partial charge >= 0.3 is 11.9 Å². The summed E-state index contributed by atoms with van der Waals surface area (Å²) in [5.74, 6) is -5.22. The van der Waals surface area contributed by atoms with Crippen LogP contribution in [0.3, 0.4) is 0 Å². The number of nitrogens with one attached hydrogen (secondary N) is 1. The summed E-state index contributed by atoms with van der Waals surface area (Å²) < 4.78 is 10.0. The van der Waals surface area contributed by atoms with Crippen molar-refractivity contribution in [3.05, 3.63) is 53.9 Å². The molecule has 178 valence electrons. The standard InChI is InChI=1S/C22H26N2O9/c1-12(18(26)14(21(29)30)10-13-6-4-3-5-7-13)33-22(31)15(11-25)24-20(28)17-19(27)16(32-2)8-9-23-17/h3-9,12,14-15,18,25-27H,10-11H2,1-2H3,(H,24,28)(H,29,30)/t12-,14+,15-,18-/m0/s1. The predicted octanol–water partition coefficient (Wildman–Crippen LogP) is 0.123. The van der Waals surface area contributed by atoms with Crippen LogP contribution in [0.2, 0.25) is 0 Å². The number of pyridine rings is 1. The van der Waals surface area contributed by atoms with E-state index in [0.29, 0.717) is 5.56 Å². The Hall–Kier alpha value is -3.70. The fourth-order valence-electron chi connectivity index (χ4n) is 3.06. The lowest BCUT2D eigenvalue weighted by molar-refractivity contribution is -0.164. The van der Waals surface area contributed by atoms with E-state index in [1.54, 1.807) is 30.3 Å². The highest BCUT2D eigenvalue weighted by Gasteiger charge is 2.34. The fraction of sp³-hybridized carbons (Fsp3) is 0.364. The summed E-state index contributed by atoms with van der Waals surface area (Å²) in [6, 6.07) is 8.40. The number of carboxylic acids is 1. The molecule has 1 aromatic carbocycles. The Labute approximate surface area is 189 Å². The Morgan fingerprint density at radius 3 is 2.39 bits per heavy atom. The van der Waals surface area contributed by atoms with E-state index >= 15 is 0 Å². The van der Waals surface area contributed by atoms with E-state index < -0.39 is 60.1 Å². The normalized spacial score (nSPS) is 14.4. The first kappa shape index (κ1) is 25.6. The van der Waals surface area contributed by atoms with E-state index in [2.05, 4.69) is 10.3 Å². The highest BCUT2D eigenvalue weighted by atomic mass is 16.6. The topological polar surface area (TPSA) is 176 Å². The third kappa shape index (κ3) is 6.64. The zero-order valence-electron chi connectivity index (χ0n) is 18.0. The molecule has 0 fully saturated rings. The molecule has 1 heterocycles. The molecule has 11 heteroatoms. The maximum atomic E-state index is 12.5. The van der Waals surface area contributed by atoms with Crippen molar-refractivity contribution < 1.29 is 44.3 Å². The highest BCUT2D eigenvalue weighted by Crippen LogP contribution is 2.27. The van der Waals surface area contributed by atoms with E-state index in [9.17, 15) is 34.8 Å². The monoisotopic (exact) mass is 462 g/mol. The second kappa shape index (κ2) is 11.8. The molecule has 1 amide bonds. The molecule has 0 bridgehead atoms. The first-order valence-corrected chi connectivity index (χ1v) is 9.98. The number of rotatable bonds is 11. The number of aromatic hydroxyl groups is 1.